The van der Waals surface area contributed by atoms with Crippen LogP contribution in [0.3, 0.4) is 0 Å². The average molecular weight is 334 g/mol. The van der Waals surface area contributed by atoms with Gasteiger partial charge in [0, 0.05) is 28.7 Å². The number of rotatable bonds is 4. The fraction of sp³-hybridized carbons (Fsp3) is 0.286. The minimum absolute atomic E-state index is 0.0879. The summed E-state index contributed by atoms with van der Waals surface area (Å²) >= 11 is 0. The van der Waals surface area contributed by atoms with E-state index in [1.165, 1.54) is 35.0 Å². The van der Waals surface area contributed by atoms with Gasteiger partial charge in [-0.3, -0.25) is 4.79 Å². The molecular weight excluding hydrogens is 312 g/mol. The molecule has 4 rings (SSSR count). The maximum Gasteiger partial charge on any atom is 0.251 e. The molecule has 25 heavy (non-hydrogen) atoms. The van der Waals surface area contributed by atoms with Gasteiger partial charge in [0.15, 0.2) is 0 Å². The highest BCUT2D eigenvalue weighted by Gasteiger charge is 2.15. The molecule has 0 unspecified atom stereocenters. The molecule has 0 atom stereocenters. The lowest BCUT2D eigenvalue weighted by Gasteiger charge is -2.11. The van der Waals surface area contributed by atoms with Gasteiger partial charge < -0.3 is 15.0 Å². The molecule has 2 N–H and O–H groups in total. The van der Waals surface area contributed by atoms with Crippen LogP contribution in [0.4, 0.5) is 0 Å². The number of fused-ring (bicyclic) bond motifs is 3. The Morgan fingerprint density at radius 2 is 2.04 bits per heavy atom. The lowest BCUT2D eigenvalue weighted by molar-refractivity contribution is 0.0950. The van der Waals surface area contributed by atoms with E-state index in [1.807, 2.05) is 12.1 Å². The first-order valence-corrected chi connectivity index (χ1v) is 8.79. The van der Waals surface area contributed by atoms with Crippen LogP contribution in [0.2, 0.25) is 0 Å². The molecule has 4 heteroatoms. The molecule has 0 saturated heterocycles. The number of amides is 1. The maximum absolute atomic E-state index is 12.4. The second-order valence-corrected chi connectivity index (χ2v) is 6.58. The Hall–Kier alpha value is -2.75. The number of ether oxygens (including phenoxy) is 1. The van der Waals surface area contributed by atoms with Crippen molar-refractivity contribution in [3.05, 3.63) is 64.8 Å². The minimum atomic E-state index is -0.0879. The predicted molar refractivity (Wildman–Crippen MR) is 99.1 cm³/mol. The maximum atomic E-state index is 12.4. The van der Waals surface area contributed by atoms with Gasteiger partial charge in [0.2, 0.25) is 0 Å². The SMILES string of the molecule is COc1cccc(C(=O)NCc2ccc3[nH]c4c(c3c2)CCCC4)c1. The van der Waals surface area contributed by atoms with Crippen LogP contribution in [0.5, 0.6) is 5.75 Å². The highest BCUT2D eigenvalue weighted by atomic mass is 16.5. The Morgan fingerprint density at radius 3 is 2.92 bits per heavy atom. The van der Waals surface area contributed by atoms with E-state index < -0.39 is 0 Å². The predicted octanol–water partition coefficient (Wildman–Crippen LogP) is 3.99. The molecule has 3 aromatic rings. The second-order valence-electron chi connectivity index (χ2n) is 6.58. The summed E-state index contributed by atoms with van der Waals surface area (Å²) in [7, 11) is 1.60. The molecule has 0 aliphatic heterocycles. The van der Waals surface area contributed by atoms with Gasteiger partial charge in [0.1, 0.15) is 5.75 Å². The molecule has 0 spiro atoms. The van der Waals surface area contributed by atoms with Crippen molar-refractivity contribution in [3.8, 4) is 5.75 Å². The monoisotopic (exact) mass is 334 g/mol. The van der Waals surface area contributed by atoms with Crippen molar-refractivity contribution in [1.82, 2.24) is 10.3 Å². The van der Waals surface area contributed by atoms with Gasteiger partial charge >= 0.3 is 0 Å². The number of aromatic amines is 1. The van der Waals surface area contributed by atoms with Gasteiger partial charge in [-0.25, -0.2) is 0 Å². The van der Waals surface area contributed by atoms with E-state index in [0.29, 0.717) is 17.9 Å². The van der Waals surface area contributed by atoms with Crippen molar-refractivity contribution in [2.45, 2.75) is 32.2 Å². The fourth-order valence-electron chi connectivity index (χ4n) is 3.61. The van der Waals surface area contributed by atoms with Crippen molar-refractivity contribution in [3.63, 3.8) is 0 Å². The molecule has 0 saturated carbocycles. The first-order valence-electron chi connectivity index (χ1n) is 8.79. The van der Waals surface area contributed by atoms with Crippen molar-refractivity contribution in [2.24, 2.45) is 0 Å². The number of aromatic nitrogens is 1. The van der Waals surface area contributed by atoms with Crippen molar-refractivity contribution in [1.29, 1.82) is 0 Å². The Labute approximate surface area is 147 Å². The largest absolute Gasteiger partial charge is 0.497 e. The third-order valence-corrected chi connectivity index (χ3v) is 4.95. The number of H-pyrrole nitrogens is 1. The summed E-state index contributed by atoms with van der Waals surface area (Å²) in [5.41, 5.74) is 5.78. The van der Waals surface area contributed by atoms with E-state index >= 15 is 0 Å². The Kier molecular flexibility index (Phi) is 4.18. The van der Waals surface area contributed by atoms with Gasteiger partial charge in [0.05, 0.1) is 7.11 Å². The van der Waals surface area contributed by atoms with E-state index in [9.17, 15) is 4.79 Å². The molecule has 128 valence electrons. The van der Waals surface area contributed by atoms with E-state index in [2.05, 4.69) is 28.5 Å². The number of hydrogen-bond acceptors (Lipinski definition) is 2. The fourth-order valence-corrected chi connectivity index (χ4v) is 3.61. The average Bonchev–Trinajstić information content (AvgIpc) is 3.04. The van der Waals surface area contributed by atoms with Crippen molar-refractivity contribution < 1.29 is 9.53 Å². The molecule has 0 fully saturated rings. The number of aryl methyl sites for hydroxylation is 2. The minimum Gasteiger partial charge on any atom is -0.497 e. The van der Waals surface area contributed by atoms with E-state index in [4.69, 9.17) is 4.74 Å². The molecule has 0 radical (unpaired) electrons. The first-order chi connectivity index (χ1) is 12.2. The summed E-state index contributed by atoms with van der Waals surface area (Å²) in [4.78, 5) is 15.9. The first kappa shape index (κ1) is 15.8. The summed E-state index contributed by atoms with van der Waals surface area (Å²) in [6.07, 6.45) is 4.82. The standard InChI is InChI=1S/C21H22N2O2/c1-25-16-6-4-5-15(12-16)21(24)22-13-14-9-10-20-18(11-14)17-7-2-3-8-19(17)23-20/h4-6,9-12,23H,2-3,7-8,13H2,1H3,(H,22,24). The van der Waals surface area contributed by atoms with Gasteiger partial charge in [-0.15, -0.1) is 0 Å². The van der Waals surface area contributed by atoms with Crippen LogP contribution in [0.1, 0.15) is 40.0 Å². The Morgan fingerprint density at radius 1 is 1.16 bits per heavy atom. The van der Waals surface area contributed by atoms with Gasteiger partial charge in [0.25, 0.3) is 5.91 Å². The molecule has 1 aliphatic rings. The van der Waals surface area contributed by atoms with Crippen LogP contribution in [0.25, 0.3) is 10.9 Å². The molecule has 1 heterocycles. The zero-order chi connectivity index (χ0) is 17.2. The third-order valence-electron chi connectivity index (χ3n) is 4.95. The highest BCUT2D eigenvalue weighted by Crippen LogP contribution is 2.29. The lowest BCUT2D eigenvalue weighted by Crippen LogP contribution is -2.22. The smallest absolute Gasteiger partial charge is 0.251 e. The van der Waals surface area contributed by atoms with Crippen molar-refractivity contribution in [2.75, 3.05) is 7.11 Å². The number of benzene rings is 2. The van der Waals surface area contributed by atoms with Crippen LogP contribution >= 0.6 is 0 Å². The van der Waals surface area contributed by atoms with E-state index in [1.54, 1.807) is 19.2 Å². The third kappa shape index (κ3) is 3.12. The summed E-state index contributed by atoms with van der Waals surface area (Å²) in [6, 6.07) is 13.6. The normalized spacial score (nSPS) is 13.5. The second kappa shape index (κ2) is 6.63. The molecule has 1 aliphatic carbocycles. The van der Waals surface area contributed by atoms with Gasteiger partial charge in [-0.2, -0.15) is 0 Å². The zero-order valence-electron chi connectivity index (χ0n) is 14.4. The lowest BCUT2D eigenvalue weighted by atomic mass is 9.95. The zero-order valence-corrected chi connectivity index (χ0v) is 14.4. The Bertz CT molecular complexity index is 927. The molecule has 1 aromatic heterocycles. The summed E-state index contributed by atoms with van der Waals surface area (Å²) in [6.45, 7) is 0.520. The number of nitrogens with one attached hydrogen (secondary N) is 2. The molecule has 1 amide bonds. The number of methoxy groups -OCH3 is 1. The Balaban J connectivity index is 1.51. The highest BCUT2D eigenvalue weighted by molar-refractivity contribution is 5.94. The topological polar surface area (TPSA) is 54.1 Å². The molecular formula is C21H22N2O2. The molecule has 4 nitrogen and oxygen atoms in total. The number of carbonyl (C=O) groups is 1. The number of carbonyl (C=O) groups excluding carboxylic acids is 1. The molecule has 0 bridgehead atoms. The van der Waals surface area contributed by atoms with E-state index in [0.717, 1.165) is 18.4 Å². The van der Waals surface area contributed by atoms with Crippen LogP contribution in [0, 0.1) is 0 Å². The van der Waals surface area contributed by atoms with Crippen LogP contribution in [0.15, 0.2) is 42.5 Å². The van der Waals surface area contributed by atoms with E-state index in [-0.39, 0.29) is 5.91 Å². The number of hydrogen-bond donors (Lipinski definition) is 2. The van der Waals surface area contributed by atoms with Gasteiger partial charge in [-0.1, -0.05) is 12.1 Å². The van der Waals surface area contributed by atoms with Crippen LogP contribution in [-0.4, -0.2) is 18.0 Å². The van der Waals surface area contributed by atoms with Crippen molar-refractivity contribution >= 4 is 16.8 Å². The van der Waals surface area contributed by atoms with Gasteiger partial charge in [-0.05, 0) is 67.1 Å². The molecule has 2 aromatic carbocycles. The quantitative estimate of drug-likeness (QED) is 0.758. The van der Waals surface area contributed by atoms with Crippen LogP contribution < -0.4 is 10.1 Å². The summed E-state index contributed by atoms with van der Waals surface area (Å²) < 4.78 is 5.18. The van der Waals surface area contributed by atoms with Crippen LogP contribution in [-0.2, 0) is 19.4 Å². The summed E-state index contributed by atoms with van der Waals surface area (Å²) in [5.74, 6) is 0.600. The summed E-state index contributed by atoms with van der Waals surface area (Å²) in [5, 5.41) is 4.31.